The second kappa shape index (κ2) is 7.90. The lowest BCUT2D eigenvalue weighted by atomic mass is 10.0. The van der Waals surface area contributed by atoms with Crippen LogP contribution in [-0.2, 0) is 4.79 Å². The molecule has 0 aliphatic heterocycles. The minimum atomic E-state index is -0.165. The Bertz CT molecular complexity index is 443. The molecule has 1 aromatic carbocycles. The highest BCUT2D eigenvalue weighted by atomic mass is 16.5. The highest BCUT2D eigenvalue weighted by Gasteiger charge is 2.11. The number of benzene rings is 1. The SMILES string of the molecule is Cc1ccc(C(C)C)c(OCC(=O)NC(C)CCO)c1. The van der Waals surface area contributed by atoms with Gasteiger partial charge in [0, 0.05) is 12.6 Å². The van der Waals surface area contributed by atoms with E-state index < -0.39 is 0 Å². The molecule has 1 unspecified atom stereocenters. The Morgan fingerprint density at radius 3 is 2.65 bits per heavy atom. The summed E-state index contributed by atoms with van der Waals surface area (Å²) >= 11 is 0. The van der Waals surface area contributed by atoms with Crippen LogP contribution in [0, 0.1) is 6.92 Å². The minimum absolute atomic E-state index is 0.00105. The second-order valence-corrected chi connectivity index (χ2v) is 5.47. The molecular weight excluding hydrogens is 254 g/mol. The van der Waals surface area contributed by atoms with E-state index in [9.17, 15) is 4.79 Å². The van der Waals surface area contributed by atoms with Crippen molar-refractivity contribution in [3.05, 3.63) is 29.3 Å². The number of aliphatic hydroxyl groups excluding tert-OH is 1. The molecule has 1 amide bonds. The molecule has 0 bridgehead atoms. The molecule has 1 rings (SSSR count). The number of carbonyl (C=O) groups excluding carboxylic acids is 1. The van der Waals surface area contributed by atoms with Gasteiger partial charge in [-0.05, 0) is 43.4 Å². The second-order valence-electron chi connectivity index (χ2n) is 5.47. The molecule has 0 aliphatic carbocycles. The van der Waals surface area contributed by atoms with Crippen molar-refractivity contribution in [3.8, 4) is 5.75 Å². The molecule has 0 spiro atoms. The Balaban J connectivity index is 2.61. The summed E-state index contributed by atoms with van der Waals surface area (Å²) in [6.07, 6.45) is 0.549. The van der Waals surface area contributed by atoms with Gasteiger partial charge in [-0.15, -0.1) is 0 Å². The van der Waals surface area contributed by atoms with Gasteiger partial charge in [0.1, 0.15) is 5.75 Å². The Morgan fingerprint density at radius 1 is 1.35 bits per heavy atom. The highest BCUT2D eigenvalue weighted by Crippen LogP contribution is 2.27. The summed E-state index contributed by atoms with van der Waals surface area (Å²) in [7, 11) is 0. The van der Waals surface area contributed by atoms with Gasteiger partial charge in [0.15, 0.2) is 6.61 Å². The van der Waals surface area contributed by atoms with Crippen LogP contribution in [0.25, 0.3) is 0 Å². The number of amides is 1. The summed E-state index contributed by atoms with van der Waals surface area (Å²) in [5, 5.41) is 11.6. The van der Waals surface area contributed by atoms with E-state index in [4.69, 9.17) is 9.84 Å². The Morgan fingerprint density at radius 2 is 2.05 bits per heavy atom. The monoisotopic (exact) mass is 279 g/mol. The predicted octanol–water partition coefficient (Wildman–Crippen LogP) is 2.38. The molecule has 20 heavy (non-hydrogen) atoms. The van der Waals surface area contributed by atoms with Crippen molar-refractivity contribution < 1.29 is 14.6 Å². The van der Waals surface area contributed by atoms with Crippen molar-refractivity contribution in [1.82, 2.24) is 5.32 Å². The first kappa shape index (κ1) is 16.5. The zero-order chi connectivity index (χ0) is 15.1. The Hall–Kier alpha value is -1.55. The molecule has 1 aromatic rings. The molecule has 2 N–H and O–H groups in total. The number of hydrogen-bond donors (Lipinski definition) is 2. The highest BCUT2D eigenvalue weighted by molar-refractivity contribution is 5.77. The van der Waals surface area contributed by atoms with Gasteiger partial charge >= 0.3 is 0 Å². The quantitative estimate of drug-likeness (QED) is 0.805. The van der Waals surface area contributed by atoms with Gasteiger partial charge in [0.2, 0.25) is 0 Å². The molecular formula is C16H25NO3. The average Bonchev–Trinajstić information content (AvgIpc) is 2.36. The maximum atomic E-state index is 11.7. The van der Waals surface area contributed by atoms with Gasteiger partial charge in [0.05, 0.1) is 0 Å². The summed E-state index contributed by atoms with van der Waals surface area (Å²) in [6, 6.07) is 6.01. The first-order valence-electron chi connectivity index (χ1n) is 7.07. The van der Waals surface area contributed by atoms with Gasteiger partial charge in [0.25, 0.3) is 5.91 Å². The summed E-state index contributed by atoms with van der Waals surface area (Å²) in [6.45, 7) is 8.12. The zero-order valence-electron chi connectivity index (χ0n) is 12.8. The van der Waals surface area contributed by atoms with Crippen LogP contribution in [-0.4, -0.2) is 30.3 Å². The molecule has 0 aromatic heterocycles. The van der Waals surface area contributed by atoms with Gasteiger partial charge in [-0.25, -0.2) is 0 Å². The van der Waals surface area contributed by atoms with Crippen LogP contribution >= 0.6 is 0 Å². The number of ether oxygens (including phenoxy) is 1. The Labute approximate surface area is 121 Å². The van der Waals surface area contributed by atoms with Gasteiger partial charge < -0.3 is 15.2 Å². The number of aryl methyl sites for hydroxylation is 1. The van der Waals surface area contributed by atoms with Crippen molar-refractivity contribution in [2.75, 3.05) is 13.2 Å². The Kier molecular flexibility index (Phi) is 6.52. The lowest BCUT2D eigenvalue weighted by molar-refractivity contribution is -0.123. The van der Waals surface area contributed by atoms with Crippen molar-refractivity contribution in [1.29, 1.82) is 0 Å². The van der Waals surface area contributed by atoms with Crippen molar-refractivity contribution >= 4 is 5.91 Å². The van der Waals surface area contributed by atoms with Crippen LogP contribution in [0.2, 0.25) is 0 Å². The molecule has 0 fully saturated rings. The van der Waals surface area contributed by atoms with E-state index in [0.29, 0.717) is 12.3 Å². The smallest absolute Gasteiger partial charge is 0.258 e. The third-order valence-electron chi connectivity index (χ3n) is 3.12. The van der Waals surface area contributed by atoms with Gasteiger partial charge in [-0.1, -0.05) is 26.0 Å². The lowest BCUT2D eigenvalue weighted by Gasteiger charge is -2.16. The van der Waals surface area contributed by atoms with Crippen LogP contribution in [0.4, 0.5) is 0 Å². The third-order valence-corrected chi connectivity index (χ3v) is 3.12. The summed E-state index contributed by atoms with van der Waals surface area (Å²) in [4.78, 5) is 11.7. The standard InChI is InChI=1S/C16H25NO3/c1-11(2)14-6-5-12(3)9-15(14)20-10-16(19)17-13(4)7-8-18/h5-6,9,11,13,18H,7-8,10H2,1-4H3,(H,17,19). The average molecular weight is 279 g/mol. The predicted molar refractivity (Wildman–Crippen MR) is 80.1 cm³/mol. The van der Waals surface area contributed by atoms with Gasteiger partial charge in [-0.3, -0.25) is 4.79 Å². The molecule has 0 saturated carbocycles. The zero-order valence-corrected chi connectivity index (χ0v) is 12.8. The van der Waals surface area contributed by atoms with E-state index in [1.54, 1.807) is 0 Å². The molecule has 4 nitrogen and oxygen atoms in total. The molecule has 0 saturated heterocycles. The minimum Gasteiger partial charge on any atom is -0.483 e. The topological polar surface area (TPSA) is 58.6 Å². The number of nitrogens with one attached hydrogen (secondary N) is 1. The number of hydrogen-bond acceptors (Lipinski definition) is 3. The lowest BCUT2D eigenvalue weighted by Crippen LogP contribution is -2.36. The number of aliphatic hydroxyl groups is 1. The normalized spacial score (nSPS) is 12.3. The van der Waals surface area contributed by atoms with Crippen LogP contribution in [0.1, 0.15) is 44.2 Å². The van der Waals surface area contributed by atoms with Gasteiger partial charge in [-0.2, -0.15) is 0 Å². The van der Waals surface area contributed by atoms with Crippen LogP contribution < -0.4 is 10.1 Å². The van der Waals surface area contributed by atoms with E-state index in [2.05, 4.69) is 19.2 Å². The van der Waals surface area contributed by atoms with E-state index in [1.807, 2.05) is 32.0 Å². The molecule has 0 aliphatic rings. The fraction of sp³-hybridized carbons (Fsp3) is 0.562. The van der Waals surface area contributed by atoms with Crippen LogP contribution in [0.15, 0.2) is 18.2 Å². The molecule has 0 radical (unpaired) electrons. The number of rotatable bonds is 7. The van der Waals surface area contributed by atoms with E-state index >= 15 is 0 Å². The largest absolute Gasteiger partial charge is 0.483 e. The molecule has 4 heteroatoms. The molecule has 1 atom stereocenters. The summed E-state index contributed by atoms with van der Waals surface area (Å²) < 4.78 is 5.65. The van der Waals surface area contributed by atoms with Crippen LogP contribution in [0.3, 0.4) is 0 Å². The third kappa shape index (κ3) is 5.21. The first-order valence-corrected chi connectivity index (χ1v) is 7.07. The number of carbonyl (C=O) groups is 1. The first-order chi connectivity index (χ1) is 9.43. The molecule has 112 valence electrons. The van der Waals surface area contributed by atoms with Crippen molar-refractivity contribution in [2.24, 2.45) is 0 Å². The van der Waals surface area contributed by atoms with E-state index in [-0.39, 0.29) is 25.2 Å². The summed E-state index contributed by atoms with van der Waals surface area (Å²) in [5.74, 6) is 0.953. The fourth-order valence-electron chi connectivity index (χ4n) is 1.97. The van der Waals surface area contributed by atoms with E-state index in [1.165, 1.54) is 0 Å². The van der Waals surface area contributed by atoms with Crippen molar-refractivity contribution in [3.63, 3.8) is 0 Å². The fourth-order valence-corrected chi connectivity index (χ4v) is 1.97. The summed E-state index contributed by atoms with van der Waals surface area (Å²) in [5.41, 5.74) is 2.21. The van der Waals surface area contributed by atoms with Crippen molar-refractivity contribution in [2.45, 2.75) is 46.1 Å². The van der Waals surface area contributed by atoms with Crippen LogP contribution in [0.5, 0.6) is 5.75 Å². The maximum Gasteiger partial charge on any atom is 0.258 e. The maximum absolute atomic E-state index is 11.7. The van der Waals surface area contributed by atoms with E-state index in [0.717, 1.165) is 16.9 Å². The molecule has 0 heterocycles.